The minimum absolute atomic E-state index is 0.198. The predicted octanol–water partition coefficient (Wildman–Crippen LogP) is 2.45. The molecule has 1 heterocycles. The van der Waals surface area contributed by atoms with E-state index < -0.39 is 0 Å². The number of hydrogen-bond donors (Lipinski definition) is 1. The number of benzene rings is 1. The number of amides is 1. The van der Waals surface area contributed by atoms with Crippen molar-refractivity contribution in [3.8, 4) is 0 Å². The largest absolute Gasteiger partial charge is 0.359 e. The average Bonchev–Trinajstić information content (AvgIpc) is 3.16. The zero-order chi connectivity index (χ0) is 15.7. The van der Waals surface area contributed by atoms with Gasteiger partial charge < -0.3 is 5.32 Å². The van der Waals surface area contributed by atoms with Crippen molar-refractivity contribution >= 4 is 23.2 Å². The number of nitrogens with zero attached hydrogens (tertiary/aromatic N) is 2. The molecule has 118 valence electrons. The first-order valence-corrected chi connectivity index (χ1v) is 8.41. The van der Waals surface area contributed by atoms with E-state index >= 15 is 0 Å². The standard InChI is InChI=1S/C17H23N3OS/c1-13(2)18-16(22)20-12-6-11-19(20)15(21)17(9-10-17)14-7-4-3-5-8-14/h3-5,7-8,13H,6,9-12H2,1-2H3,(H,18,22). The highest BCUT2D eigenvalue weighted by molar-refractivity contribution is 7.80. The molecule has 4 nitrogen and oxygen atoms in total. The topological polar surface area (TPSA) is 35.6 Å². The highest BCUT2D eigenvalue weighted by Gasteiger charge is 2.54. The molecule has 22 heavy (non-hydrogen) atoms. The summed E-state index contributed by atoms with van der Waals surface area (Å²) >= 11 is 5.47. The predicted molar refractivity (Wildman–Crippen MR) is 91.3 cm³/mol. The van der Waals surface area contributed by atoms with Crippen LogP contribution in [-0.2, 0) is 10.2 Å². The zero-order valence-electron chi connectivity index (χ0n) is 13.2. The Labute approximate surface area is 137 Å². The second-order valence-corrected chi connectivity index (χ2v) is 6.84. The summed E-state index contributed by atoms with van der Waals surface area (Å²) < 4.78 is 0. The number of rotatable bonds is 3. The Kier molecular flexibility index (Phi) is 4.08. The number of carbonyl (C=O) groups excluding carboxylic acids is 1. The van der Waals surface area contributed by atoms with Gasteiger partial charge in [0.05, 0.1) is 5.41 Å². The Morgan fingerprint density at radius 3 is 2.41 bits per heavy atom. The molecule has 0 bridgehead atoms. The summed E-state index contributed by atoms with van der Waals surface area (Å²) in [5.74, 6) is 0.198. The summed E-state index contributed by atoms with van der Waals surface area (Å²) in [5, 5.41) is 7.71. The van der Waals surface area contributed by atoms with Gasteiger partial charge in [-0.1, -0.05) is 30.3 Å². The van der Waals surface area contributed by atoms with Crippen LogP contribution in [0.15, 0.2) is 30.3 Å². The van der Waals surface area contributed by atoms with Crippen LogP contribution in [0, 0.1) is 0 Å². The van der Waals surface area contributed by atoms with Crippen LogP contribution in [0.5, 0.6) is 0 Å². The van der Waals surface area contributed by atoms with Crippen molar-refractivity contribution in [1.82, 2.24) is 15.3 Å². The van der Waals surface area contributed by atoms with Gasteiger partial charge in [0.15, 0.2) is 5.11 Å². The summed E-state index contributed by atoms with van der Waals surface area (Å²) in [6.07, 6.45) is 2.84. The molecule has 0 unspecified atom stereocenters. The summed E-state index contributed by atoms with van der Waals surface area (Å²) in [6, 6.07) is 10.4. The minimum atomic E-state index is -0.322. The summed E-state index contributed by atoms with van der Waals surface area (Å²) in [5.41, 5.74) is 0.812. The van der Waals surface area contributed by atoms with Crippen LogP contribution in [0.2, 0.25) is 0 Å². The molecular formula is C17H23N3OS. The SMILES string of the molecule is CC(C)NC(=S)N1CCCN1C(=O)C1(c2ccccc2)CC1. The van der Waals surface area contributed by atoms with Crippen LogP contribution in [-0.4, -0.2) is 40.2 Å². The smallest absolute Gasteiger partial charge is 0.251 e. The van der Waals surface area contributed by atoms with Crippen LogP contribution in [0.25, 0.3) is 0 Å². The molecule has 1 N–H and O–H groups in total. The van der Waals surface area contributed by atoms with Gasteiger partial charge in [-0.25, -0.2) is 0 Å². The molecule has 1 aliphatic carbocycles. The Bertz CT molecular complexity index is 569. The molecule has 2 aliphatic rings. The third-order valence-corrected chi connectivity index (χ3v) is 4.73. The molecule has 2 fully saturated rings. The van der Waals surface area contributed by atoms with Crippen molar-refractivity contribution in [2.24, 2.45) is 0 Å². The van der Waals surface area contributed by atoms with E-state index in [0.717, 1.165) is 37.9 Å². The Morgan fingerprint density at radius 2 is 1.82 bits per heavy atom. The van der Waals surface area contributed by atoms with E-state index in [1.54, 1.807) is 0 Å². The molecular weight excluding hydrogens is 294 g/mol. The van der Waals surface area contributed by atoms with Crippen LogP contribution < -0.4 is 5.32 Å². The summed E-state index contributed by atoms with van der Waals surface area (Å²) in [4.78, 5) is 13.1. The zero-order valence-corrected chi connectivity index (χ0v) is 14.0. The first kappa shape index (κ1) is 15.3. The Balaban J connectivity index is 1.78. The van der Waals surface area contributed by atoms with Gasteiger partial charge in [-0.3, -0.25) is 14.8 Å². The van der Waals surface area contributed by atoms with Gasteiger partial charge in [-0.15, -0.1) is 0 Å². The van der Waals surface area contributed by atoms with E-state index in [9.17, 15) is 4.79 Å². The van der Waals surface area contributed by atoms with Crippen molar-refractivity contribution in [2.75, 3.05) is 13.1 Å². The van der Waals surface area contributed by atoms with E-state index in [-0.39, 0.29) is 17.4 Å². The number of hydrazine groups is 1. The van der Waals surface area contributed by atoms with E-state index in [0.29, 0.717) is 5.11 Å². The highest BCUT2D eigenvalue weighted by atomic mass is 32.1. The molecule has 5 heteroatoms. The molecule has 3 rings (SSSR count). The number of nitrogens with one attached hydrogen (secondary N) is 1. The lowest BCUT2D eigenvalue weighted by atomic mass is 9.95. The number of thiocarbonyl (C=S) groups is 1. The van der Waals surface area contributed by atoms with Gasteiger partial charge in [0.25, 0.3) is 5.91 Å². The van der Waals surface area contributed by atoms with E-state index in [1.807, 2.05) is 28.2 Å². The first-order chi connectivity index (χ1) is 10.5. The van der Waals surface area contributed by atoms with Crippen LogP contribution in [0.3, 0.4) is 0 Å². The molecule has 0 aromatic heterocycles. The summed E-state index contributed by atoms with van der Waals surface area (Å²) in [7, 11) is 0. The molecule has 1 aliphatic heterocycles. The van der Waals surface area contributed by atoms with Gasteiger partial charge >= 0.3 is 0 Å². The fourth-order valence-corrected chi connectivity index (χ4v) is 3.54. The lowest BCUT2D eigenvalue weighted by Crippen LogP contribution is -2.53. The molecule has 1 amide bonds. The molecule has 1 aromatic rings. The number of hydrogen-bond acceptors (Lipinski definition) is 2. The van der Waals surface area contributed by atoms with Crippen molar-refractivity contribution in [1.29, 1.82) is 0 Å². The maximum absolute atomic E-state index is 13.1. The van der Waals surface area contributed by atoms with Gasteiger partial charge in [0.2, 0.25) is 0 Å². The Hall–Kier alpha value is -1.62. The van der Waals surface area contributed by atoms with E-state index in [4.69, 9.17) is 12.2 Å². The van der Waals surface area contributed by atoms with Crippen LogP contribution >= 0.6 is 12.2 Å². The fourth-order valence-electron chi connectivity index (χ4n) is 3.11. The van der Waals surface area contributed by atoms with Gasteiger partial charge in [-0.2, -0.15) is 0 Å². The van der Waals surface area contributed by atoms with Crippen molar-refractivity contribution < 1.29 is 4.79 Å². The van der Waals surface area contributed by atoms with Crippen molar-refractivity contribution in [3.05, 3.63) is 35.9 Å². The second-order valence-electron chi connectivity index (χ2n) is 6.46. The van der Waals surface area contributed by atoms with E-state index in [2.05, 4.69) is 31.3 Å². The van der Waals surface area contributed by atoms with E-state index in [1.165, 1.54) is 0 Å². The fraction of sp³-hybridized carbons (Fsp3) is 0.529. The molecule has 1 saturated heterocycles. The van der Waals surface area contributed by atoms with Crippen LogP contribution in [0.4, 0.5) is 0 Å². The lowest BCUT2D eigenvalue weighted by molar-refractivity contribution is -0.141. The maximum Gasteiger partial charge on any atom is 0.251 e. The third-order valence-electron chi connectivity index (χ3n) is 4.40. The lowest BCUT2D eigenvalue weighted by Gasteiger charge is -2.33. The maximum atomic E-state index is 13.1. The number of carbonyl (C=O) groups is 1. The molecule has 0 spiro atoms. The molecule has 0 radical (unpaired) electrons. The van der Waals surface area contributed by atoms with Crippen LogP contribution in [0.1, 0.15) is 38.7 Å². The second kappa shape index (κ2) is 5.88. The minimum Gasteiger partial charge on any atom is -0.359 e. The van der Waals surface area contributed by atoms with Gasteiger partial charge in [0, 0.05) is 19.1 Å². The monoisotopic (exact) mass is 317 g/mol. The van der Waals surface area contributed by atoms with Crippen molar-refractivity contribution in [2.45, 2.75) is 44.6 Å². The summed E-state index contributed by atoms with van der Waals surface area (Å²) in [6.45, 7) is 5.68. The normalized spacial score (nSPS) is 19.4. The average molecular weight is 317 g/mol. The molecule has 1 aromatic carbocycles. The van der Waals surface area contributed by atoms with Crippen molar-refractivity contribution in [3.63, 3.8) is 0 Å². The third kappa shape index (κ3) is 2.70. The highest BCUT2D eigenvalue weighted by Crippen LogP contribution is 2.50. The molecule has 0 atom stereocenters. The van der Waals surface area contributed by atoms with Gasteiger partial charge in [-0.05, 0) is 50.9 Å². The molecule has 1 saturated carbocycles. The first-order valence-electron chi connectivity index (χ1n) is 8.00. The Morgan fingerprint density at radius 1 is 1.18 bits per heavy atom. The van der Waals surface area contributed by atoms with Gasteiger partial charge in [0.1, 0.15) is 0 Å². The quantitative estimate of drug-likeness (QED) is 0.869.